The molecule has 0 saturated heterocycles. The first-order chi connectivity index (χ1) is 12.2. The fourth-order valence-corrected chi connectivity index (χ4v) is 3.74. The molecule has 0 aliphatic carbocycles. The van der Waals surface area contributed by atoms with E-state index in [0.717, 1.165) is 10.9 Å². The van der Waals surface area contributed by atoms with Crippen LogP contribution in [0.4, 0.5) is 4.79 Å². The number of fused-ring (bicyclic) bond motifs is 5. The van der Waals surface area contributed by atoms with Gasteiger partial charge >= 0.3 is 6.09 Å². The third-order valence-corrected chi connectivity index (χ3v) is 4.84. The molecular formula is C18H19ClN2O5. The third kappa shape index (κ3) is 2.49. The molecule has 1 amide bonds. The number of pyridine rings is 1. The van der Waals surface area contributed by atoms with Crippen LogP contribution in [0.3, 0.4) is 0 Å². The molecule has 26 heavy (non-hydrogen) atoms. The van der Waals surface area contributed by atoms with Gasteiger partial charge in [0.25, 0.3) is 5.56 Å². The summed E-state index contributed by atoms with van der Waals surface area (Å²) in [4.78, 5) is 29.6. The number of aromatic amines is 1. The predicted molar refractivity (Wildman–Crippen MR) is 95.9 cm³/mol. The number of halogens is 1. The minimum atomic E-state index is -0.619. The smallest absolute Gasteiger partial charge is 0.411 e. The van der Waals surface area contributed by atoms with Crippen LogP contribution in [0.1, 0.15) is 44.9 Å². The number of aromatic nitrogens is 1. The summed E-state index contributed by atoms with van der Waals surface area (Å²) >= 11 is 6.23. The lowest BCUT2D eigenvalue weighted by molar-refractivity contribution is 0.0188. The van der Waals surface area contributed by atoms with Crippen LogP contribution in [0.25, 0.3) is 10.9 Å². The van der Waals surface area contributed by atoms with E-state index in [9.17, 15) is 9.59 Å². The standard InChI is InChI=1S/C18H19ClN2O5/c1-8-12-9(6-21(8)17(23)26-18(2,3)4)16(22)20-11-5-10(19)14-15(13(11)12)25-7-24-14/h5,8H,6-7H2,1-4H3,(H,20,22)/t8-/m0/s1. The monoisotopic (exact) mass is 378 g/mol. The molecule has 0 radical (unpaired) electrons. The quantitative estimate of drug-likeness (QED) is 0.755. The number of hydrogen-bond acceptors (Lipinski definition) is 5. The Morgan fingerprint density at radius 3 is 2.73 bits per heavy atom. The Bertz CT molecular complexity index is 992. The summed E-state index contributed by atoms with van der Waals surface area (Å²) in [5.74, 6) is 0.953. The van der Waals surface area contributed by atoms with Gasteiger partial charge in [-0.25, -0.2) is 4.79 Å². The fraction of sp³-hybridized carbons (Fsp3) is 0.444. The Morgan fingerprint density at radius 2 is 2.04 bits per heavy atom. The first-order valence-electron chi connectivity index (χ1n) is 8.34. The first-order valence-corrected chi connectivity index (χ1v) is 8.71. The van der Waals surface area contributed by atoms with E-state index in [1.165, 1.54) is 0 Å². The van der Waals surface area contributed by atoms with Crippen LogP contribution >= 0.6 is 11.6 Å². The molecule has 2 aromatic rings. The molecule has 2 aliphatic heterocycles. The van der Waals surface area contributed by atoms with Gasteiger partial charge in [0.1, 0.15) is 5.60 Å². The zero-order valence-electron chi connectivity index (χ0n) is 14.9. The van der Waals surface area contributed by atoms with Crippen LogP contribution in [0.2, 0.25) is 5.02 Å². The Labute approximate surface area is 154 Å². The van der Waals surface area contributed by atoms with Crippen molar-refractivity contribution in [3.8, 4) is 11.5 Å². The summed E-state index contributed by atoms with van der Waals surface area (Å²) in [6.07, 6.45) is -0.462. The lowest BCUT2D eigenvalue weighted by Gasteiger charge is -2.27. The molecule has 8 heteroatoms. The van der Waals surface area contributed by atoms with Gasteiger partial charge in [0, 0.05) is 5.56 Å². The van der Waals surface area contributed by atoms with Crippen molar-refractivity contribution in [2.45, 2.75) is 45.9 Å². The van der Waals surface area contributed by atoms with E-state index in [1.807, 2.05) is 6.92 Å². The summed E-state index contributed by atoms with van der Waals surface area (Å²) in [6, 6.07) is 1.30. The lowest BCUT2D eigenvalue weighted by Crippen LogP contribution is -2.35. The maximum absolute atomic E-state index is 12.6. The van der Waals surface area contributed by atoms with Crippen LogP contribution in [0.15, 0.2) is 10.9 Å². The highest BCUT2D eigenvalue weighted by molar-refractivity contribution is 6.33. The van der Waals surface area contributed by atoms with Crippen LogP contribution in [-0.2, 0) is 11.3 Å². The van der Waals surface area contributed by atoms with Crippen molar-refractivity contribution < 1.29 is 19.0 Å². The first kappa shape index (κ1) is 17.0. The van der Waals surface area contributed by atoms with Gasteiger partial charge in [0.05, 0.1) is 28.5 Å². The van der Waals surface area contributed by atoms with Gasteiger partial charge in [-0.2, -0.15) is 0 Å². The van der Waals surface area contributed by atoms with Crippen molar-refractivity contribution in [2.75, 3.05) is 6.79 Å². The third-order valence-electron chi connectivity index (χ3n) is 4.56. The molecule has 0 spiro atoms. The Balaban J connectivity index is 1.88. The second-order valence-corrected chi connectivity index (χ2v) is 7.88. The molecule has 1 aromatic heterocycles. The number of H-pyrrole nitrogens is 1. The number of benzene rings is 1. The Hall–Kier alpha value is -2.41. The molecule has 1 aromatic carbocycles. The van der Waals surface area contributed by atoms with Crippen molar-refractivity contribution in [1.29, 1.82) is 0 Å². The molecule has 3 heterocycles. The van der Waals surface area contributed by atoms with Crippen LogP contribution < -0.4 is 15.0 Å². The summed E-state index contributed by atoms with van der Waals surface area (Å²) < 4.78 is 16.6. The van der Waals surface area contributed by atoms with Gasteiger partial charge in [-0.3, -0.25) is 9.69 Å². The molecule has 0 bridgehead atoms. The highest BCUT2D eigenvalue weighted by Gasteiger charge is 2.38. The summed E-state index contributed by atoms with van der Waals surface area (Å²) in [6.45, 7) is 7.52. The second-order valence-electron chi connectivity index (χ2n) is 7.48. The minimum Gasteiger partial charge on any atom is -0.453 e. The van der Waals surface area contributed by atoms with Crippen molar-refractivity contribution in [2.24, 2.45) is 0 Å². The van der Waals surface area contributed by atoms with E-state index >= 15 is 0 Å². The zero-order chi connectivity index (χ0) is 18.8. The Kier molecular flexibility index (Phi) is 3.63. The molecule has 138 valence electrons. The summed E-state index contributed by atoms with van der Waals surface area (Å²) in [7, 11) is 0. The number of ether oxygens (including phenoxy) is 3. The molecule has 7 nitrogen and oxygen atoms in total. The molecule has 0 unspecified atom stereocenters. The number of carbonyl (C=O) groups excluding carboxylic acids is 1. The van der Waals surface area contributed by atoms with E-state index in [2.05, 4.69) is 4.98 Å². The Morgan fingerprint density at radius 1 is 1.35 bits per heavy atom. The van der Waals surface area contributed by atoms with Gasteiger partial charge in [-0.05, 0) is 39.3 Å². The second kappa shape index (κ2) is 5.54. The number of nitrogens with zero attached hydrogens (tertiary/aromatic N) is 1. The number of nitrogens with one attached hydrogen (secondary N) is 1. The average Bonchev–Trinajstić information content (AvgIpc) is 3.12. The maximum atomic E-state index is 12.6. The summed E-state index contributed by atoms with van der Waals surface area (Å²) in [5.41, 5.74) is 0.955. The van der Waals surface area contributed by atoms with Crippen molar-refractivity contribution in [3.05, 3.63) is 32.6 Å². The van der Waals surface area contributed by atoms with Crippen LogP contribution in [0.5, 0.6) is 11.5 Å². The van der Waals surface area contributed by atoms with Crippen LogP contribution in [0, 0.1) is 0 Å². The van der Waals surface area contributed by atoms with E-state index in [-0.39, 0.29) is 24.9 Å². The largest absolute Gasteiger partial charge is 0.453 e. The van der Waals surface area contributed by atoms with Crippen molar-refractivity contribution in [3.63, 3.8) is 0 Å². The van der Waals surface area contributed by atoms with Gasteiger partial charge in [0.2, 0.25) is 6.79 Å². The van der Waals surface area contributed by atoms with E-state index in [4.69, 9.17) is 25.8 Å². The van der Waals surface area contributed by atoms with E-state index < -0.39 is 11.7 Å². The van der Waals surface area contributed by atoms with E-state index in [0.29, 0.717) is 27.6 Å². The van der Waals surface area contributed by atoms with E-state index in [1.54, 1.807) is 31.7 Å². The predicted octanol–water partition coefficient (Wildman–Crippen LogP) is 3.72. The van der Waals surface area contributed by atoms with Crippen LogP contribution in [-0.4, -0.2) is 28.4 Å². The lowest BCUT2D eigenvalue weighted by atomic mass is 10.00. The molecule has 0 saturated carbocycles. The summed E-state index contributed by atoms with van der Waals surface area (Å²) in [5, 5.41) is 1.09. The molecule has 1 N–H and O–H groups in total. The molecule has 4 rings (SSSR count). The van der Waals surface area contributed by atoms with Gasteiger partial charge in [-0.1, -0.05) is 11.6 Å². The number of amides is 1. The molecule has 2 aliphatic rings. The van der Waals surface area contributed by atoms with Gasteiger partial charge in [-0.15, -0.1) is 0 Å². The number of hydrogen-bond donors (Lipinski definition) is 1. The normalized spacial score (nSPS) is 18.3. The average molecular weight is 379 g/mol. The highest BCUT2D eigenvalue weighted by atomic mass is 35.5. The highest BCUT2D eigenvalue weighted by Crippen LogP contribution is 2.48. The SMILES string of the molecule is C[C@H]1c2c(c(=O)[nH]c3cc(Cl)c4c(c23)OCO4)CN1C(=O)OC(C)(C)C. The van der Waals surface area contributed by atoms with Gasteiger partial charge < -0.3 is 19.2 Å². The van der Waals surface area contributed by atoms with Gasteiger partial charge in [0.15, 0.2) is 11.5 Å². The molecule has 0 fully saturated rings. The molecular weight excluding hydrogens is 360 g/mol. The van der Waals surface area contributed by atoms with Crippen molar-refractivity contribution in [1.82, 2.24) is 9.88 Å². The topological polar surface area (TPSA) is 80.9 Å². The number of carbonyl (C=O) groups is 1. The molecule has 1 atom stereocenters. The number of rotatable bonds is 0. The fourth-order valence-electron chi connectivity index (χ4n) is 3.49. The minimum absolute atomic E-state index is 0.0617. The maximum Gasteiger partial charge on any atom is 0.411 e. The van der Waals surface area contributed by atoms with Crippen molar-refractivity contribution >= 4 is 28.6 Å². The zero-order valence-corrected chi connectivity index (χ0v) is 15.7.